The van der Waals surface area contributed by atoms with E-state index < -0.39 is 0 Å². The molecule has 0 fully saturated rings. The summed E-state index contributed by atoms with van der Waals surface area (Å²) in [5, 5.41) is 0. The molecule has 3 nitrogen and oxygen atoms in total. The number of hydrogen-bond acceptors (Lipinski definition) is 2. The van der Waals surface area contributed by atoms with Crippen LogP contribution < -0.4 is 5.73 Å². The minimum atomic E-state index is -0.0156. The van der Waals surface area contributed by atoms with Gasteiger partial charge in [0.1, 0.15) is 5.82 Å². The lowest BCUT2D eigenvalue weighted by molar-refractivity contribution is 0.588. The Morgan fingerprint density at radius 1 is 1.31 bits per heavy atom. The first-order chi connectivity index (χ1) is 7.79. The second kappa shape index (κ2) is 5.30. The van der Waals surface area contributed by atoms with Gasteiger partial charge >= 0.3 is 0 Å². The van der Waals surface area contributed by atoms with Crippen LogP contribution in [-0.2, 0) is 7.05 Å². The lowest BCUT2D eigenvalue weighted by atomic mass is 9.95. The van der Waals surface area contributed by atoms with Crippen LogP contribution in [0.3, 0.4) is 0 Å². The molecule has 0 radical (unpaired) electrons. The predicted octanol–water partition coefficient (Wildman–Crippen LogP) is 2.70. The molecular formula is C13H21N3. The summed E-state index contributed by atoms with van der Waals surface area (Å²) in [6.07, 6.45) is 13.7. The molecule has 0 saturated carbocycles. The monoisotopic (exact) mass is 219 g/mol. The Kier molecular flexibility index (Phi) is 3.78. The number of hydrogen-bond donors (Lipinski definition) is 1. The van der Waals surface area contributed by atoms with Crippen LogP contribution in [0.15, 0.2) is 24.0 Å². The Morgan fingerprint density at radius 2 is 2.12 bits per heavy atom. The summed E-state index contributed by atoms with van der Waals surface area (Å²) < 4.78 is 2.02. The molecule has 1 atom stereocenters. The number of aryl methyl sites for hydroxylation is 1. The van der Waals surface area contributed by atoms with Crippen LogP contribution in [0.2, 0.25) is 0 Å². The van der Waals surface area contributed by atoms with Gasteiger partial charge in [-0.3, -0.25) is 0 Å². The number of rotatable bonds is 2. The summed E-state index contributed by atoms with van der Waals surface area (Å²) in [6.45, 7) is 0. The number of nitrogens with two attached hydrogens (primary N) is 1. The number of nitrogens with zero attached hydrogens (tertiary/aromatic N) is 2. The average Bonchev–Trinajstić information content (AvgIpc) is 2.63. The quantitative estimate of drug-likeness (QED) is 0.777. The second-order valence-electron chi connectivity index (χ2n) is 4.61. The van der Waals surface area contributed by atoms with Crippen molar-refractivity contribution in [2.75, 3.05) is 0 Å². The van der Waals surface area contributed by atoms with Gasteiger partial charge in [-0.25, -0.2) is 4.98 Å². The largest absolute Gasteiger partial charge is 0.336 e. The van der Waals surface area contributed by atoms with Crippen molar-refractivity contribution in [2.45, 2.75) is 44.6 Å². The zero-order valence-electron chi connectivity index (χ0n) is 10.0. The fourth-order valence-electron chi connectivity index (χ4n) is 2.34. The highest BCUT2D eigenvalue weighted by molar-refractivity contribution is 5.18. The molecule has 0 saturated heterocycles. The van der Waals surface area contributed by atoms with Gasteiger partial charge in [0.25, 0.3) is 0 Å². The van der Waals surface area contributed by atoms with Crippen molar-refractivity contribution < 1.29 is 0 Å². The molecule has 0 amide bonds. The molecule has 16 heavy (non-hydrogen) atoms. The smallest absolute Gasteiger partial charge is 0.129 e. The van der Waals surface area contributed by atoms with Crippen LogP contribution in [0.5, 0.6) is 0 Å². The van der Waals surface area contributed by atoms with E-state index in [1.54, 1.807) is 0 Å². The van der Waals surface area contributed by atoms with E-state index in [9.17, 15) is 0 Å². The maximum atomic E-state index is 6.28. The first kappa shape index (κ1) is 11.4. The summed E-state index contributed by atoms with van der Waals surface area (Å²) in [6, 6.07) is -0.0156. The number of allylic oxidation sites excluding steroid dienone is 1. The minimum absolute atomic E-state index is 0.0156. The molecule has 3 heteroatoms. The Morgan fingerprint density at radius 3 is 2.88 bits per heavy atom. The molecule has 1 aromatic rings. The summed E-state index contributed by atoms with van der Waals surface area (Å²) in [4.78, 5) is 4.34. The van der Waals surface area contributed by atoms with Gasteiger partial charge < -0.3 is 10.3 Å². The third kappa shape index (κ3) is 2.53. The molecular weight excluding hydrogens is 198 g/mol. The zero-order valence-corrected chi connectivity index (χ0v) is 10.0. The fraction of sp³-hybridized carbons (Fsp3) is 0.615. The average molecular weight is 219 g/mol. The highest BCUT2D eigenvalue weighted by Crippen LogP contribution is 2.25. The molecule has 0 spiro atoms. The topological polar surface area (TPSA) is 43.8 Å². The first-order valence-electron chi connectivity index (χ1n) is 6.21. The first-order valence-corrected chi connectivity index (χ1v) is 6.21. The Balaban J connectivity index is 2.13. The molecule has 1 aromatic heterocycles. The van der Waals surface area contributed by atoms with E-state index in [0.717, 1.165) is 12.2 Å². The molecule has 1 heterocycles. The second-order valence-corrected chi connectivity index (χ2v) is 4.61. The Bertz CT molecular complexity index is 365. The zero-order chi connectivity index (χ0) is 11.4. The van der Waals surface area contributed by atoms with E-state index in [1.807, 2.05) is 24.0 Å². The van der Waals surface area contributed by atoms with E-state index in [0.29, 0.717) is 0 Å². The maximum Gasteiger partial charge on any atom is 0.129 e. The van der Waals surface area contributed by atoms with Crippen LogP contribution in [0.4, 0.5) is 0 Å². The van der Waals surface area contributed by atoms with E-state index in [1.165, 1.54) is 37.7 Å². The van der Waals surface area contributed by atoms with Crippen molar-refractivity contribution in [3.05, 3.63) is 29.9 Å². The molecule has 88 valence electrons. The van der Waals surface area contributed by atoms with Gasteiger partial charge in [-0.2, -0.15) is 0 Å². The maximum absolute atomic E-state index is 6.28. The number of aromatic nitrogens is 2. The molecule has 2 rings (SSSR count). The summed E-state index contributed by atoms with van der Waals surface area (Å²) >= 11 is 0. The van der Waals surface area contributed by atoms with Crippen molar-refractivity contribution in [2.24, 2.45) is 12.8 Å². The third-order valence-electron chi connectivity index (χ3n) is 3.36. The van der Waals surface area contributed by atoms with Crippen LogP contribution in [-0.4, -0.2) is 9.55 Å². The van der Waals surface area contributed by atoms with E-state index >= 15 is 0 Å². The normalized spacial score (nSPS) is 23.0. The van der Waals surface area contributed by atoms with Crippen molar-refractivity contribution in [3.63, 3.8) is 0 Å². The van der Waals surface area contributed by atoms with Crippen molar-refractivity contribution in [1.82, 2.24) is 9.55 Å². The lowest BCUT2D eigenvalue weighted by Crippen LogP contribution is -2.18. The van der Waals surface area contributed by atoms with Gasteiger partial charge in [0.05, 0.1) is 6.04 Å². The highest BCUT2D eigenvalue weighted by Gasteiger charge is 2.16. The molecule has 0 aliphatic heterocycles. The van der Waals surface area contributed by atoms with Crippen molar-refractivity contribution in [3.8, 4) is 0 Å². The van der Waals surface area contributed by atoms with Crippen LogP contribution in [0.1, 0.15) is 50.4 Å². The van der Waals surface area contributed by atoms with Crippen LogP contribution >= 0.6 is 0 Å². The standard InChI is InChI=1S/C13H21N3/c1-16-10-9-15-13(16)12(14)11-7-5-3-2-4-6-8-11/h7,9-10,12H,2-6,8,14H2,1H3/b11-7+. The Hall–Kier alpha value is -1.09. The molecule has 0 bridgehead atoms. The predicted molar refractivity (Wildman–Crippen MR) is 65.9 cm³/mol. The summed E-state index contributed by atoms with van der Waals surface area (Å²) in [5.41, 5.74) is 7.65. The SMILES string of the molecule is Cn1ccnc1C(N)/C1=C/CCCCCC1. The van der Waals surface area contributed by atoms with E-state index in [-0.39, 0.29) is 6.04 Å². The van der Waals surface area contributed by atoms with Crippen LogP contribution in [0.25, 0.3) is 0 Å². The van der Waals surface area contributed by atoms with Crippen LogP contribution in [0, 0.1) is 0 Å². The Labute approximate surface area is 97.4 Å². The molecule has 2 N–H and O–H groups in total. The minimum Gasteiger partial charge on any atom is -0.336 e. The summed E-state index contributed by atoms with van der Waals surface area (Å²) in [7, 11) is 2.01. The molecule has 1 aliphatic carbocycles. The molecule has 1 unspecified atom stereocenters. The van der Waals surface area contributed by atoms with Gasteiger partial charge in [0, 0.05) is 19.4 Å². The van der Waals surface area contributed by atoms with Gasteiger partial charge in [-0.1, -0.05) is 18.9 Å². The summed E-state index contributed by atoms with van der Waals surface area (Å²) in [5.74, 6) is 0.979. The van der Waals surface area contributed by atoms with E-state index in [4.69, 9.17) is 5.73 Å². The van der Waals surface area contributed by atoms with Gasteiger partial charge in [0.15, 0.2) is 0 Å². The van der Waals surface area contributed by atoms with Gasteiger partial charge in [-0.15, -0.1) is 0 Å². The molecule has 1 aliphatic rings. The fourth-order valence-corrected chi connectivity index (χ4v) is 2.34. The lowest BCUT2D eigenvalue weighted by Gasteiger charge is -2.18. The van der Waals surface area contributed by atoms with Gasteiger partial charge in [-0.05, 0) is 31.3 Å². The van der Waals surface area contributed by atoms with Gasteiger partial charge in [0.2, 0.25) is 0 Å². The molecule has 0 aromatic carbocycles. The third-order valence-corrected chi connectivity index (χ3v) is 3.36. The van der Waals surface area contributed by atoms with Crippen molar-refractivity contribution in [1.29, 1.82) is 0 Å². The highest BCUT2D eigenvalue weighted by atomic mass is 15.1. The van der Waals surface area contributed by atoms with E-state index in [2.05, 4.69) is 11.1 Å². The van der Waals surface area contributed by atoms with Crippen molar-refractivity contribution >= 4 is 0 Å². The number of imidazole rings is 1.